The highest BCUT2D eigenvalue weighted by Crippen LogP contribution is 2.18. The van der Waals surface area contributed by atoms with Crippen molar-refractivity contribution >= 4 is 5.69 Å². The first kappa shape index (κ1) is 14.9. The number of nitriles is 1. The molecule has 0 aliphatic rings. The van der Waals surface area contributed by atoms with E-state index in [9.17, 15) is 0 Å². The topological polar surface area (TPSA) is 62.9 Å². The van der Waals surface area contributed by atoms with Crippen molar-refractivity contribution in [3.8, 4) is 11.8 Å². The highest BCUT2D eigenvalue weighted by atomic mass is 16.5. The summed E-state index contributed by atoms with van der Waals surface area (Å²) in [6.07, 6.45) is 3.91. The fourth-order valence-electron chi connectivity index (χ4n) is 1.83. The highest BCUT2D eigenvalue weighted by molar-refractivity contribution is 5.48. The average Bonchev–Trinajstić information content (AvgIpc) is 2.92. The third-order valence-corrected chi connectivity index (χ3v) is 2.96. The van der Waals surface area contributed by atoms with Crippen LogP contribution in [0.25, 0.3) is 0 Å². The zero-order chi connectivity index (χ0) is 15.3. The molecular formula is C16H20N4O. The van der Waals surface area contributed by atoms with Gasteiger partial charge in [0.2, 0.25) is 0 Å². The molecule has 0 radical (unpaired) electrons. The summed E-state index contributed by atoms with van der Waals surface area (Å²) in [4.78, 5) is 0. The van der Waals surface area contributed by atoms with Crippen molar-refractivity contribution in [3.05, 3.63) is 42.2 Å². The molecule has 21 heavy (non-hydrogen) atoms. The van der Waals surface area contributed by atoms with Crippen LogP contribution in [-0.2, 0) is 12.1 Å². The van der Waals surface area contributed by atoms with E-state index < -0.39 is 0 Å². The summed E-state index contributed by atoms with van der Waals surface area (Å²) >= 11 is 0. The molecule has 1 heterocycles. The van der Waals surface area contributed by atoms with Crippen LogP contribution >= 0.6 is 0 Å². The Morgan fingerprint density at radius 3 is 2.86 bits per heavy atom. The van der Waals surface area contributed by atoms with Crippen LogP contribution in [0, 0.1) is 11.3 Å². The molecule has 1 N–H and O–H groups in total. The summed E-state index contributed by atoms with van der Waals surface area (Å²) in [5.41, 5.74) is 2.06. The van der Waals surface area contributed by atoms with Gasteiger partial charge in [-0.05, 0) is 32.9 Å². The van der Waals surface area contributed by atoms with Gasteiger partial charge in [0.15, 0.2) is 6.61 Å². The lowest BCUT2D eigenvalue weighted by Crippen LogP contribution is -2.21. The van der Waals surface area contributed by atoms with E-state index in [2.05, 4.69) is 31.2 Å². The van der Waals surface area contributed by atoms with E-state index in [-0.39, 0.29) is 12.1 Å². The maximum atomic E-state index is 8.52. The number of aromatic nitrogens is 2. The monoisotopic (exact) mass is 284 g/mol. The van der Waals surface area contributed by atoms with Crippen LogP contribution in [0.15, 0.2) is 36.7 Å². The summed E-state index contributed by atoms with van der Waals surface area (Å²) in [7, 11) is 0. The van der Waals surface area contributed by atoms with Crippen LogP contribution in [0.3, 0.4) is 0 Å². The predicted octanol–water partition coefficient (Wildman–Crippen LogP) is 3.15. The fourth-order valence-corrected chi connectivity index (χ4v) is 1.83. The molecule has 2 rings (SSSR count). The molecule has 5 nitrogen and oxygen atoms in total. The average molecular weight is 284 g/mol. The van der Waals surface area contributed by atoms with Crippen molar-refractivity contribution in [2.75, 3.05) is 11.9 Å². The lowest BCUT2D eigenvalue weighted by Gasteiger charge is -2.18. The van der Waals surface area contributed by atoms with Gasteiger partial charge in [0.05, 0.1) is 11.7 Å². The number of nitrogens with zero attached hydrogens (tertiary/aromatic N) is 3. The normalized spacial score (nSPS) is 11.0. The minimum Gasteiger partial charge on any atom is -0.479 e. The molecule has 1 aromatic carbocycles. The van der Waals surface area contributed by atoms with Crippen LogP contribution in [-0.4, -0.2) is 16.4 Å². The van der Waals surface area contributed by atoms with Gasteiger partial charge in [-0.2, -0.15) is 10.4 Å². The molecule has 1 aromatic heterocycles. The van der Waals surface area contributed by atoms with Gasteiger partial charge in [-0.25, -0.2) is 0 Å². The second kappa shape index (κ2) is 6.31. The van der Waals surface area contributed by atoms with Crippen molar-refractivity contribution in [1.82, 2.24) is 9.78 Å². The molecule has 0 unspecified atom stereocenters. The molecule has 5 heteroatoms. The van der Waals surface area contributed by atoms with Gasteiger partial charge >= 0.3 is 0 Å². The maximum Gasteiger partial charge on any atom is 0.174 e. The fraction of sp³-hybridized carbons (Fsp3) is 0.375. The molecular weight excluding hydrogens is 264 g/mol. The Bertz CT molecular complexity index is 634. The first-order valence-corrected chi connectivity index (χ1v) is 6.87. The molecule has 2 aromatic rings. The lowest BCUT2D eigenvalue weighted by molar-refractivity contribution is 0.355. The second-order valence-electron chi connectivity index (χ2n) is 5.79. The van der Waals surface area contributed by atoms with Crippen LogP contribution < -0.4 is 10.1 Å². The van der Waals surface area contributed by atoms with E-state index in [0.717, 1.165) is 11.3 Å². The van der Waals surface area contributed by atoms with Gasteiger partial charge in [0.25, 0.3) is 0 Å². The lowest BCUT2D eigenvalue weighted by atomic mass is 10.1. The van der Waals surface area contributed by atoms with E-state index in [4.69, 9.17) is 10.00 Å². The SMILES string of the molecule is CC(C)(C)n1cc(CNc2cccc(OCC#N)c2)cn1. The summed E-state index contributed by atoms with van der Waals surface area (Å²) in [6.45, 7) is 7.10. The smallest absolute Gasteiger partial charge is 0.174 e. The van der Waals surface area contributed by atoms with Gasteiger partial charge < -0.3 is 10.1 Å². The van der Waals surface area contributed by atoms with Crippen LogP contribution in [0.1, 0.15) is 26.3 Å². The number of nitrogens with one attached hydrogen (secondary N) is 1. The standard InChI is InChI=1S/C16H20N4O/c1-16(2,3)20-12-13(11-19-20)10-18-14-5-4-6-15(9-14)21-8-7-17/h4-6,9,11-12,18H,8,10H2,1-3H3. The summed E-state index contributed by atoms with van der Waals surface area (Å²) in [5, 5.41) is 16.2. The first-order valence-electron chi connectivity index (χ1n) is 6.87. The Kier molecular flexibility index (Phi) is 4.49. The summed E-state index contributed by atoms with van der Waals surface area (Å²) in [5.74, 6) is 0.687. The van der Waals surface area contributed by atoms with Gasteiger partial charge in [0.1, 0.15) is 11.8 Å². The van der Waals surface area contributed by atoms with E-state index in [1.807, 2.05) is 47.4 Å². The van der Waals surface area contributed by atoms with Crippen LogP contribution in [0.5, 0.6) is 5.75 Å². The van der Waals surface area contributed by atoms with Gasteiger partial charge in [0, 0.05) is 30.1 Å². The van der Waals surface area contributed by atoms with Gasteiger partial charge in [-0.15, -0.1) is 0 Å². The molecule has 0 bridgehead atoms. The number of hydrogen-bond acceptors (Lipinski definition) is 4. The largest absolute Gasteiger partial charge is 0.479 e. The number of anilines is 1. The van der Waals surface area contributed by atoms with Crippen molar-refractivity contribution < 1.29 is 4.74 Å². The molecule has 0 spiro atoms. The summed E-state index contributed by atoms with van der Waals surface area (Å²) in [6, 6.07) is 9.53. The van der Waals surface area contributed by atoms with E-state index in [1.54, 1.807) is 0 Å². The van der Waals surface area contributed by atoms with Crippen molar-refractivity contribution in [2.24, 2.45) is 0 Å². The number of benzene rings is 1. The van der Waals surface area contributed by atoms with E-state index >= 15 is 0 Å². The Balaban J connectivity index is 1.97. The van der Waals surface area contributed by atoms with Crippen LogP contribution in [0.2, 0.25) is 0 Å². The molecule has 0 aliphatic heterocycles. The molecule has 0 fully saturated rings. The van der Waals surface area contributed by atoms with Gasteiger partial charge in [-0.1, -0.05) is 6.07 Å². The van der Waals surface area contributed by atoms with Gasteiger partial charge in [-0.3, -0.25) is 4.68 Å². The van der Waals surface area contributed by atoms with Crippen molar-refractivity contribution in [1.29, 1.82) is 5.26 Å². The van der Waals surface area contributed by atoms with Crippen molar-refractivity contribution in [3.63, 3.8) is 0 Å². The van der Waals surface area contributed by atoms with E-state index in [0.29, 0.717) is 12.3 Å². The molecule has 110 valence electrons. The third-order valence-electron chi connectivity index (χ3n) is 2.96. The minimum absolute atomic E-state index is 0.0106. The quantitative estimate of drug-likeness (QED) is 0.916. The molecule has 0 saturated carbocycles. The highest BCUT2D eigenvalue weighted by Gasteiger charge is 2.13. The van der Waals surface area contributed by atoms with Crippen LogP contribution in [0.4, 0.5) is 5.69 Å². The molecule has 0 saturated heterocycles. The first-order chi connectivity index (χ1) is 9.99. The Labute approximate surface area is 125 Å². The zero-order valence-corrected chi connectivity index (χ0v) is 12.6. The zero-order valence-electron chi connectivity index (χ0n) is 12.6. The third kappa shape index (κ3) is 4.25. The number of ether oxygens (including phenoxy) is 1. The second-order valence-corrected chi connectivity index (χ2v) is 5.79. The maximum absolute atomic E-state index is 8.52. The van der Waals surface area contributed by atoms with Crippen molar-refractivity contribution in [2.45, 2.75) is 32.9 Å². The Morgan fingerprint density at radius 2 is 2.19 bits per heavy atom. The summed E-state index contributed by atoms with van der Waals surface area (Å²) < 4.78 is 7.23. The predicted molar refractivity (Wildman–Crippen MR) is 82.1 cm³/mol. The number of hydrogen-bond donors (Lipinski definition) is 1. The van der Waals surface area contributed by atoms with E-state index in [1.165, 1.54) is 0 Å². The molecule has 0 atom stereocenters. The minimum atomic E-state index is -0.0106. The Morgan fingerprint density at radius 1 is 1.38 bits per heavy atom. The number of rotatable bonds is 5. The Hall–Kier alpha value is -2.48. The molecule has 0 amide bonds. The molecule has 0 aliphatic carbocycles.